The second-order valence-electron chi connectivity index (χ2n) is 5.91. The number of aliphatic carboxylic acids is 1. The summed E-state index contributed by atoms with van der Waals surface area (Å²) in [4.78, 5) is 23.1. The second-order valence-corrected chi connectivity index (χ2v) is 5.91. The van der Waals surface area contributed by atoms with Crippen molar-refractivity contribution in [2.45, 2.75) is 36.9 Å². The van der Waals surface area contributed by atoms with E-state index in [1.807, 2.05) is 0 Å². The van der Waals surface area contributed by atoms with Gasteiger partial charge in [-0.15, -0.1) is 0 Å². The summed E-state index contributed by atoms with van der Waals surface area (Å²) in [5, 5.41) is 11.5. The second kappa shape index (κ2) is 4.72. The molecular weight excluding hydrogens is 299 g/mol. The van der Waals surface area contributed by atoms with Crippen LogP contribution in [0.15, 0.2) is 24.3 Å². The Morgan fingerprint density at radius 1 is 1.23 bits per heavy atom. The van der Waals surface area contributed by atoms with E-state index in [-0.39, 0.29) is 5.56 Å². The summed E-state index contributed by atoms with van der Waals surface area (Å²) in [5.74, 6) is -2.64. The van der Waals surface area contributed by atoms with Crippen LogP contribution < -0.4 is 5.32 Å². The van der Waals surface area contributed by atoms with Gasteiger partial charge in [0.15, 0.2) is 0 Å². The van der Waals surface area contributed by atoms with Crippen LogP contribution >= 0.6 is 0 Å². The molecule has 2 saturated carbocycles. The Hall–Kier alpha value is -2.05. The molecule has 2 aliphatic carbocycles. The van der Waals surface area contributed by atoms with Gasteiger partial charge in [0.25, 0.3) is 0 Å². The summed E-state index contributed by atoms with van der Waals surface area (Å²) in [6.45, 7) is 0. The van der Waals surface area contributed by atoms with Crippen molar-refractivity contribution < 1.29 is 27.9 Å². The number of benzene rings is 1. The highest BCUT2D eigenvalue weighted by molar-refractivity contribution is 5.92. The molecule has 1 aromatic carbocycles. The summed E-state index contributed by atoms with van der Waals surface area (Å²) < 4.78 is 38.9. The van der Waals surface area contributed by atoms with Gasteiger partial charge in [0.2, 0.25) is 5.91 Å². The molecule has 2 aliphatic rings. The number of hydrogen-bond donors (Lipinski definition) is 2. The molecule has 2 unspecified atom stereocenters. The highest BCUT2D eigenvalue weighted by Crippen LogP contribution is 2.51. The van der Waals surface area contributed by atoms with Crippen LogP contribution in [0.5, 0.6) is 0 Å². The number of alkyl halides is 3. The smallest absolute Gasteiger partial charge is 0.416 e. The van der Waals surface area contributed by atoms with Crippen molar-refractivity contribution in [1.29, 1.82) is 0 Å². The molecule has 7 heteroatoms. The van der Waals surface area contributed by atoms with Crippen molar-refractivity contribution in [1.82, 2.24) is 5.32 Å². The Morgan fingerprint density at radius 2 is 1.86 bits per heavy atom. The molecule has 0 spiro atoms. The summed E-state index contributed by atoms with van der Waals surface area (Å²) in [5.41, 5.74) is -1.82. The lowest BCUT2D eigenvalue weighted by molar-refractivity contribution is -0.143. The number of carbonyl (C=O) groups excluding carboxylic acids is 1. The topological polar surface area (TPSA) is 66.4 Å². The average molecular weight is 313 g/mol. The number of carbonyl (C=O) groups is 2. The lowest BCUT2D eigenvalue weighted by Crippen LogP contribution is -2.43. The molecule has 2 fully saturated rings. The zero-order valence-electron chi connectivity index (χ0n) is 11.5. The highest BCUT2D eigenvalue weighted by atomic mass is 19.4. The zero-order valence-corrected chi connectivity index (χ0v) is 11.5. The molecule has 0 aliphatic heterocycles. The molecule has 4 nitrogen and oxygen atoms in total. The van der Waals surface area contributed by atoms with Gasteiger partial charge in [0, 0.05) is 5.92 Å². The molecule has 0 aromatic heterocycles. The van der Waals surface area contributed by atoms with Crippen molar-refractivity contribution in [3.8, 4) is 0 Å². The summed E-state index contributed by atoms with van der Waals surface area (Å²) in [6, 6.07) is 5.21. The lowest BCUT2D eigenvalue weighted by Gasteiger charge is -2.14. The van der Waals surface area contributed by atoms with Crippen molar-refractivity contribution in [3.63, 3.8) is 0 Å². The van der Waals surface area contributed by atoms with Crippen LogP contribution in [-0.4, -0.2) is 22.5 Å². The van der Waals surface area contributed by atoms with Crippen molar-refractivity contribution in [3.05, 3.63) is 35.4 Å². The van der Waals surface area contributed by atoms with E-state index in [1.54, 1.807) is 0 Å². The predicted octanol–water partition coefficient (Wildman–Crippen LogP) is 2.54. The van der Waals surface area contributed by atoms with Crippen LogP contribution in [-0.2, 0) is 15.8 Å². The van der Waals surface area contributed by atoms with Gasteiger partial charge < -0.3 is 10.4 Å². The molecule has 0 heterocycles. The van der Waals surface area contributed by atoms with E-state index in [1.165, 1.54) is 18.2 Å². The van der Waals surface area contributed by atoms with Gasteiger partial charge in [0.1, 0.15) is 5.54 Å². The summed E-state index contributed by atoms with van der Waals surface area (Å²) >= 11 is 0. The van der Waals surface area contributed by atoms with Gasteiger partial charge >= 0.3 is 12.1 Å². The monoisotopic (exact) mass is 313 g/mol. The third-order valence-electron chi connectivity index (χ3n) is 4.31. The SMILES string of the molecule is O=C(NC1(C(=O)O)CC1)C1CC1c1ccccc1C(F)(F)F. The van der Waals surface area contributed by atoms with Crippen LogP contribution in [0.2, 0.25) is 0 Å². The number of amides is 1. The molecule has 0 saturated heterocycles. The Bertz CT molecular complexity index is 637. The minimum Gasteiger partial charge on any atom is -0.480 e. The number of hydrogen-bond acceptors (Lipinski definition) is 2. The fourth-order valence-corrected chi connectivity index (χ4v) is 2.75. The maximum Gasteiger partial charge on any atom is 0.416 e. The Kier molecular flexibility index (Phi) is 3.19. The van der Waals surface area contributed by atoms with E-state index in [2.05, 4.69) is 5.32 Å². The third kappa shape index (κ3) is 2.55. The quantitative estimate of drug-likeness (QED) is 0.898. The van der Waals surface area contributed by atoms with Crippen LogP contribution in [0.1, 0.15) is 36.3 Å². The van der Waals surface area contributed by atoms with Crippen LogP contribution in [0.25, 0.3) is 0 Å². The summed E-state index contributed by atoms with van der Waals surface area (Å²) in [7, 11) is 0. The minimum absolute atomic E-state index is 0.107. The molecule has 1 aromatic rings. The molecule has 2 atom stereocenters. The average Bonchev–Trinajstić information content (AvgIpc) is 3.32. The first kappa shape index (κ1) is 14.9. The lowest BCUT2D eigenvalue weighted by atomic mass is 10.0. The van der Waals surface area contributed by atoms with Crippen LogP contribution in [0.3, 0.4) is 0 Å². The largest absolute Gasteiger partial charge is 0.480 e. The summed E-state index contributed by atoms with van der Waals surface area (Å²) in [6.07, 6.45) is -3.41. The molecule has 0 bridgehead atoms. The predicted molar refractivity (Wildman–Crippen MR) is 70.0 cm³/mol. The Balaban J connectivity index is 1.73. The number of carboxylic acids is 1. The van der Waals surface area contributed by atoms with Gasteiger partial charge in [-0.05, 0) is 36.8 Å². The van der Waals surface area contributed by atoms with E-state index in [4.69, 9.17) is 5.11 Å². The fourth-order valence-electron chi connectivity index (χ4n) is 2.75. The Morgan fingerprint density at radius 3 is 2.41 bits per heavy atom. The fraction of sp³-hybridized carbons (Fsp3) is 0.467. The first-order chi connectivity index (χ1) is 10.2. The van der Waals surface area contributed by atoms with Crippen LogP contribution in [0, 0.1) is 5.92 Å². The van der Waals surface area contributed by atoms with Crippen molar-refractivity contribution in [2.75, 3.05) is 0 Å². The number of rotatable bonds is 4. The van der Waals surface area contributed by atoms with E-state index >= 15 is 0 Å². The van der Waals surface area contributed by atoms with Crippen molar-refractivity contribution in [2.24, 2.45) is 5.92 Å². The molecule has 3 rings (SSSR count). The number of carboxylic acid groups (broad SMARTS) is 1. The van der Waals surface area contributed by atoms with E-state index in [0.29, 0.717) is 19.3 Å². The first-order valence-electron chi connectivity index (χ1n) is 6.96. The van der Waals surface area contributed by atoms with Gasteiger partial charge in [0.05, 0.1) is 5.56 Å². The molecule has 22 heavy (non-hydrogen) atoms. The number of halogens is 3. The molecule has 0 radical (unpaired) electrons. The van der Waals surface area contributed by atoms with Gasteiger partial charge in [-0.3, -0.25) is 4.79 Å². The van der Waals surface area contributed by atoms with Gasteiger partial charge in [-0.25, -0.2) is 4.79 Å². The molecular formula is C15H14F3NO3. The highest BCUT2D eigenvalue weighted by Gasteiger charge is 2.55. The van der Waals surface area contributed by atoms with E-state index < -0.39 is 41.0 Å². The van der Waals surface area contributed by atoms with E-state index in [9.17, 15) is 22.8 Å². The van der Waals surface area contributed by atoms with Gasteiger partial charge in [-0.2, -0.15) is 13.2 Å². The third-order valence-corrected chi connectivity index (χ3v) is 4.31. The van der Waals surface area contributed by atoms with Crippen molar-refractivity contribution >= 4 is 11.9 Å². The molecule has 1 amide bonds. The Labute approximate surface area is 124 Å². The first-order valence-corrected chi connectivity index (χ1v) is 6.96. The normalized spacial score (nSPS) is 25.4. The number of nitrogens with one attached hydrogen (secondary N) is 1. The zero-order chi connectivity index (χ0) is 16.1. The maximum atomic E-state index is 13.0. The van der Waals surface area contributed by atoms with Gasteiger partial charge in [-0.1, -0.05) is 18.2 Å². The standard InChI is InChI=1S/C15H14F3NO3/c16-15(17,18)11-4-2-1-3-8(11)9-7-10(9)12(20)19-14(5-6-14)13(21)22/h1-4,9-10H,5-7H2,(H,19,20)(H,21,22). The van der Waals surface area contributed by atoms with E-state index in [0.717, 1.165) is 6.07 Å². The maximum absolute atomic E-state index is 13.0. The minimum atomic E-state index is -4.46. The molecule has 2 N–H and O–H groups in total. The molecule has 118 valence electrons. The van der Waals surface area contributed by atoms with Crippen LogP contribution in [0.4, 0.5) is 13.2 Å².